The van der Waals surface area contributed by atoms with Crippen molar-refractivity contribution >= 4 is 11.6 Å². The largest absolute Gasteiger partial charge is 0.329 e. The first-order valence-corrected chi connectivity index (χ1v) is 5.84. The molecule has 0 fully saturated rings. The zero-order chi connectivity index (χ0) is 12.7. The number of benzene rings is 1. The molecule has 2 nitrogen and oxygen atoms in total. The van der Waals surface area contributed by atoms with Crippen LogP contribution in [0, 0.1) is 17.7 Å². The third kappa shape index (κ3) is 4.35. The molecule has 92 valence electrons. The van der Waals surface area contributed by atoms with Crippen LogP contribution in [-0.4, -0.2) is 13.1 Å². The SMILES string of the molecule is CC#CCCNC(CN)c1cc(Cl)ccc1F. The molecule has 1 aromatic rings. The lowest BCUT2D eigenvalue weighted by molar-refractivity contribution is 0.512. The second kappa shape index (κ2) is 7.29. The average molecular weight is 255 g/mol. The molecular formula is C13H16ClFN2. The van der Waals surface area contributed by atoms with E-state index in [-0.39, 0.29) is 11.9 Å². The van der Waals surface area contributed by atoms with Gasteiger partial charge in [0, 0.05) is 36.1 Å². The van der Waals surface area contributed by atoms with Crippen LogP contribution in [-0.2, 0) is 0 Å². The van der Waals surface area contributed by atoms with Gasteiger partial charge in [0.05, 0.1) is 0 Å². The second-order valence-corrected chi connectivity index (χ2v) is 4.02. The van der Waals surface area contributed by atoms with Crippen molar-refractivity contribution in [2.24, 2.45) is 5.73 Å². The molecule has 0 spiro atoms. The first kappa shape index (κ1) is 14.0. The highest BCUT2D eigenvalue weighted by Crippen LogP contribution is 2.20. The van der Waals surface area contributed by atoms with E-state index < -0.39 is 0 Å². The third-order valence-corrected chi connectivity index (χ3v) is 2.62. The molecule has 1 rings (SSSR count). The predicted molar refractivity (Wildman–Crippen MR) is 69.3 cm³/mol. The monoisotopic (exact) mass is 254 g/mol. The van der Waals surface area contributed by atoms with Gasteiger partial charge in [-0.25, -0.2) is 4.39 Å². The highest BCUT2D eigenvalue weighted by molar-refractivity contribution is 6.30. The summed E-state index contributed by atoms with van der Waals surface area (Å²) in [4.78, 5) is 0. The zero-order valence-electron chi connectivity index (χ0n) is 9.76. The lowest BCUT2D eigenvalue weighted by Crippen LogP contribution is -2.29. The molecule has 0 saturated heterocycles. The van der Waals surface area contributed by atoms with Crippen molar-refractivity contribution in [2.45, 2.75) is 19.4 Å². The number of nitrogens with one attached hydrogen (secondary N) is 1. The molecule has 0 aromatic heterocycles. The van der Waals surface area contributed by atoms with Gasteiger partial charge in [-0.3, -0.25) is 0 Å². The maximum atomic E-state index is 13.6. The van der Waals surface area contributed by atoms with E-state index in [1.807, 2.05) is 0 Å². The summed E-state index contributed by atoms with van der Waals surface area (Å²) in [5.41, 5.74) is 6.13. The van der Waals surface area contributed by atoms with E-state index in [0.717, 1.165) is 6.42 Å². The van der Waals surface area contributed by atoms with Crippen molar-refractivity contribution in [2.75, 3.05) is 13.1 Å². The highest BCUT2D eigenvalue weighted by atomic mass is 35.5. The normalized spacial score (nSPS) is 11.8. The predicted octanol–water partition coefficient (Wildman–Crippen LogP) is 2.48. The van der Waals surface area contributed by atoms with E-state index in [2.05, 4.69) is 17.2 Å². The zero-order valence-corrected chi connectivity index (χ0v) is 10.5. The van der Waals surface area contributed by atoms with Gasteiger partial charge in [-0.05, 0) is 25.1 Å². The number of halogens is 2. The Bertz CT molecular complexity index is 423. The van der Waals surface area contributed by atoms with Gasteiger partial charge in [0.25, 0.3) is 0 Å². The fourth-order valence-corrected chi connectivity index (χ4v) is 1.72. The molecule has 1 atom stereocenters. The fourth-order valence-electron chi connectivity index (χ4n) is 1.54. The van der Waals surface area contributed by atoms with E-state index in [0.29, 0.717) is 23.7 Å². The molecule has 0 bridgehead atoms. The Kier molecular flexibility index (Phi) is 5.99. The molecule has 0 aliphatic carbocycles. The molecule has 0 aliphatic heterocycles. The number of nitrogens with two attached hydrogens (primary N) is 1. The lowest BCUT2D eigenvalue weighted by atomic mass is 10.1. The van der Waals surface area contributed by atoms with E-state index in [4.69, 9.17) is 17.3 Å². The van der Waals surface area contributed by atoms with Crippen LogP contribution < -0.4 is 11.1 Å². The van der Waals surface area contributed by atoms with Gasteiger partial charge < -0.3 is 11.1 Å². The molecule has 0 saturated carbocycles. The second-order valence-electron chi connectivity index (χ2n) is 3.59. The van der Waals surface area contributed by atoms with Gasteiger partial charge in [-0.15, -0.1) is 11.8 Å². The Labute approximate surface area is 106 Å². The van der Waals surface area contributed by atoms with Crippen molar-refractivity contribution in [1.29, 1.82) is 0 Å². The van der Waals surface area contributed by atoms with Crippen LogP contribution in [0.4, 0.5) is 4.39 Å². The van der Waals surface area contributed by atoms with Gasteiger partial charge in [0.1, 0.15) is 5.82 Å². The molecule has 17 heavy (non-hydrogen) atoms. The summed E-state index contributed by atoms with van der Waals surface area (Å²) in [6.45, 7) is 2.78. The number of rotatable bonds is 5. The number of hydrogen-bond acceptors (Lipinski definition) is 2. The molecule has 0 amide bonds. The molecule has 0 heterocycles. The first-order chi connectivity index (χ1) is 8.19. The van der Waals surface area contributed by atoms with Gasteiger partial charge >= 0.3 is 0 Å². The van der Waals surface area contributed by atoms with Crippen molar-refractivity contribution in [3.63, 3.8) is 0 Å². The highest BCUT2D eigenvalue weighted by Gasteiger charge is 2.13. The van der Waals surface area contributed by atoms with Crippen LogP contribution in [0.25, 0.3) is 0 Å². The van der Waals surface area contributed by atoms with Crippen molar-refractivity contribution < 1.29 is 4.39 Å². The van der Waals surface area contributed by atoms with Crippen LogP contribution in [0.2, 0.25) is 5.02 Å². The van der Waals surface area contributed by atoms with Crippen LogP contribution in [0.1, 0.15) is 24.9 Å². The lowest BCUT2D eigenvalue weighted by Gasteiger charge is -2.17. The molecule has 4 heteroatoms. The minimum Gasteiger partial charge on any atom is -0.329 e. The third-order valence-electron chi connectivity index (χ3n) is 2.39. The number of hydrogen-bond donors (Lipinski definition) is 2. The van der Waals surface area contributed by atoms with Gasteiger partial charge in [0.2, 0.25) is 0 Å². The topological polar surface area (TPSA) is 38.0 Å². The summed E-state index contributed by atoms with van der Waals surface area (Å²) < 4.78 is 13.6. The molecule has 0 radical (unpaired) electrons. The smallest absolute Gasteiger partial charge is 0.128 e. The van der Waals surface area contributed by atoms with Gasteiger partial charge in [0.15, 0.2) is 0 Å². The summed E-state index contributed by atoms with van der Waals surface area (Å²) in [5, 5.41) is 3.67. The quantitative estimate of drug-likeness (QED) is 0.626. The molecule has 3 N–H and O–H groups in total. The van der Waals surface area contributed by atoms with Crippen LogP contribution in [0.15, 0.2) is 18.2 Å². The Morgan fingerprint density at radius 1 is 1.53 bits per heavy atom. The van der Waals surface area contributed by atoms with E-state index in [1.54, 1.807) is 13.0 Å². The Balaban J connectivity index is 2.70. The van der Waals surface area contributed by atoms with Gasteiger partial charge in [-0.1, -0.05) is 11.6 Å². The molecule has 1 aromatic carbocycles. The van der Waals surface area contributed by atoms with E-state index in [9.17, 15) is 4.39 Å². The van der Waals surface area contributed by atoms with Crippen molar-refractivity contribution in [1.82, 2.24) is 5.32 Å². The summed E-state index contributed by atoms with van der Waals surface area (Å²) in [7, 11) is 0. The van der Waals surface area contributed by atoms with Crippen molar-refractivity contribution in [3.05, 3.63) is 34.6 Å². The minimum absolute atomic E-state index is 0.229. The van der Waals surface area contributed by atoms with Crippen LogP contribution >= 0.6 is 11.6 Å². The maximum Gasteiger partial charge on any atom is 0.128 e. The van der Waals surface area contributed by atoms with Gasteiger partial charge in [-0.2, -0.15) is 0 Å². The molecular weight excluding hydrogens is 239 g/mol. The summed E-state index contributed by atoms with van der Waals surface area (Å²) >= 11 is 5.84. The fraction of sp³-hybridized carbons (Fsp3) is 0.385. The van der Waals surface area contributed by atoms with E-state index >= 15 is 0 Å². The Morgan fingerprint density at radius 3 is 2.94 bits per heavy atom. The average Bonchev–Trinajstić information content (AvgIpc) is 2.33. The van der Waals surface area contributed by atoms with Crippen LogP contribution in [0.5, 0.6) is 0 Å². The minimum atomic E-state index is -0.293. The van der Waals surface area contributed by atoms with Crippen LogP contribution in [0.3, 0.4) is 0 Å². The standard InChI is InChI=1S/C13H16ClFN2/c1-2-3-4-7-17-13(9-16)11-8-10(14)5-6-12(11)15/h5-6,8,13,17H,4,7,9,16H2,1H3. The summed E-state index contributed by atoms with van der Waals surface area (Å²) in [6.07, 6.45) is 0.717. The van der Waals surface area contributed by atoms with Crippen molar-refractivity contribution in [3.8, 4) is 11.8 Å². The molecule has 1 unspecified atom stereocenters. The van der Waals surface area contributed by atoms with E-state index in [1.165, 1.54) is 12.1 Å². The molecule has 0 aliphatic rings. The summed E-state index contributed by atoms with van der Waals surface area (Å²) in [6, 6.07) is 4.25. The Hall–Kier alpha value is -1.08. The summed E-state index contributed by atoms with van der Waals surface area (Å²) in [5.74, 6) is 5.44. The maximum absolute atomic E-state index is 13.6. The first-order valence-electron chi connectivity index (χ1n) is 5.47. The Morgan fingerprint density at radius 2 is 2.29 bits per heavy atom.